The van der Waals surface area contributed by atoms with Crippen molar-refractivity contribution >= 4 is 55.4 Å². The molecule has 0 bridgehead atoms. The van der Waals surface area contributed by atoms with E-state index in [1.54, 1.807) is 22.7 Å². The van der Waals surface area contributed by atoms with Crippen molar-refractivity contribution in [2.45, 2.75) is 53.4 Å². The number of hydrogen-bond acceptors (Lipinski definition) is 8. The van der Waals surface area contributed by atoms with Gasteiger partial charge in [0, 0.05) is 63.1 Å². The van der Waals surface area contributed by atoms with Crippen LogP contribution in [0.1, 0.15) is 74.1 Å². The molecule has 8 nitrogen and oxygen atoms in total. The number of amides is 2. The van der Waals surface area contributed by atoms with Crippen LogP contribution in [0, 0.1) is 10.8 Å². The second kappa shape index (κ2) is 16.2. The highest BCUT2D eigenvalue weighted by atomic mass is 79.9. The lowest BCUT2D eigenvalue weighted by molar-refractivity contribution is 0.0579. The molecule has 4 aliphatic heterocycles. The van der Waals surface area contributed by atoms with Crippen LogP contribution < -0.4 is 10.2 Å². The molecule has 0 unspecified atom stereocenters. The van der Waals surface area contributed by atoms with Crippen molar-refractivity contribution in [3.63, 3.8) is 0 Å². The molecule has 0 aromatic carbocycles. The van der Waals surface area contributed by atoms with Crippen LogP contribution in [0.4, 0.5) is 5.00 Å². The van der Waals surface area contributed by atoms with Crippen molar-refractivity contribution in [3.8, 4) is 0 Å². The van der Waals surface area contributed by atoms with E-state index >= 15 is 0 Å². The lowest BCUT2D eigenvalue weighted by atomic mass is 9.84. The zero-order valence-electron chi connectivity index (χ0n) is 26.3. The van der Waals surface area contributed by atoms with Crippen molar-refractivity contribution in [2.75, 3.05) is 83.7 Å². The molecule has 4 aliphatic rings. The van der Waals surface area contributed by atoms with Crippen LogP contribution in [0.3, 0.4) is 0 Å². The average Bonchev–Trinajstić information content (AvgIpc) is 3.67. The van der Waals surface area contributed by atoms with Gasteiger partial charge in [-0.15, -0.1) is 22.7 Å². The standard InChI is InChI=1S/C16H24N2O2S.C12H16BrNOS.C4H9NO/c1-16(2)4-3-5-18(12-16)15(19)13-10-14(21-11-13)17-6-8-20-9-7-17;1-12(2)4-3-5-14(8-12)11(15)9-6-10(13)16-7-9;1-3-6-4-2-5-1/h10-11H,3-9,12H2,1-2H3;6-7H,3-5,8H2,1-2H3;5H,1-4H2. The van der Waals surface area contributed by atoms with Gasteiger partial charge in [0.1, 0.15) is 0 Å². The van der Waals surface area contributed by atoms with Gasteiger partial charge in [-0.2, -0.15) is 0 Å². The van der Waals surface area contributed by atoms with Gasteiger partial charge in [0.25, 0.3) is 11.8 Å². The van der Waals surface area contributed by atoms with E-state index in [9.17, 15) is 9.59 Å². The van der Waals surface area contributed by atoms with Gasteiger partial charge in [0.05, 0.1) is 46.3 Å². The number of piperidine rings is 2. The second-order valence-corrected chi connectivity index (χ2v) is 16.4. The van der Waals surface area contributed by atoms with E-state index in [2.05, 4.69) is 59.9 Å². The molecule has 2 aromatic heterocycles. The third kappa shape index (κ3) is 10.8. The summed E-state index contributed by atoms with van der Waals surface area (Å²) < 4.78 is 11.4. The number of halogens is 1. The van der Waals surface area contributed by atoms with Crippen LogP contribution in [-0.4, -0.2) is 100 Å². The first-order valence-corrected chi connectivity index (χ1v) is 18.1. The quantitative estimate of drug-likeness (QED) is 0.411. The number of morpholine rings is 2. The minimum Gasteiger partial charge on any atom is -0.379 e. The summed E-state index contributed by atoms with van der Waals surface area (Å²) in [4.78, 5) is 31.2. The molecule has 240 valence electrons. The maximum Gasteiger partial charge on any atom is 0.254 e. The summed E-state index contributed by atoms with van der Waals surface area (Å²) >= 11 is 6.63. The number of nitrogens with zero attached hydrogens (tertiary/aromatic N) is 3. The van der Waals surface area contributed by atoms with Gasteiger partial charge in [-0.05, 0) is 64.6 Å². The molecule has 0 spiro atoms. The first-order chi connectivity index (χ1) is 20.5. The largest absolute Gasteiger partial charge is 0.379 e. The number of carbonyl (C=O) groups is 2. The molecule has 2 aromatic rings. The van der Waals surface area contributed by atoms with E-state index < -0.39 is 0 Å². The van der Waals surface area contributed by atoms with Gasteiger partial charge >= 0.3 is 0 Å². The van der Waals surface area contributed by atoms with Crippen LogP contribution in [0.5, 0.6) is 0 Å². The highest BCUT2D eigenvalue weighted by molar-refractivity contribution is 9.11. The van der Waals surface area contributed by atoms with Gasteiger partial charge in [-0.1, -0.05) is 27.7 Å². The minimum absolute atomic E-state index is 0.176. The van der Waals surface area contributed by atoms with Crippen LogP contribution in [-0.2, 0) is 9.47 Å². The molecule has 4 fully saturated rings. The van der Waals surface area contributed by atoms with Crippen molar-refractivity contribution in [3.05, 3.63) is 37.8 Å². The third-order valence-electron chi connectivity index (χ3n) is 8.19. The van der Waals surface area contributed by atoms with Crippen LogP contribution >= 0.6 is 38.6 Å². The number of nitrogens with one attached hydrogen (secondary N) is 1. The molecule has 11 heteroatoms. The van der Waals surface area contributed by atoms with E-state index in [1.807, 2.05) is 26.6 Å². The van der Waals surface area contributed by atoms with E-state index in [-0.39, 0.29) is 22.6 Å². The topological polar surface area (TPSA) is 74.4 Å². The van der Waals surface area contributed by atoms with Crippen molar-refractivity contribution < 1.29 is 19.1 Å². The van der Waals surface area contributed by atoms with Gasteiger partial charge in [-0.3, -0.25) is 9.59 Å². The zero-order chi connectivity index (χ0) is 30.9. The van der Waals surface area contributed by atoms with Gasteiger partial charge < -0.3 is 29.5 Å². The van der Waals surface area contributed by atoms with Gasteiger partial charge in [0.2, 0.25) is 0 Å². The third-order valence-corrected chi connectivity index (χ3v) is 10.7. The predicted molar refractivity (Wildman–Crippen MR) is 181 cm³/mol. The maximum atomic E-state index is 12.7. The Morgan fingerprint density at radius 3 is 1.72 bits per heavy atom. The molecule has 0 atom stereocenters. The Labute approximate surface area is 274 Å². The number of ether oxygens (including phenoxy) is 2. The number of anilines is 1. The molecule has 4 saturated heterocycles. The zero-order valence-corrected chi connectivity index (χ0v) is 29.5. The summed E-state index contributed by atoms with van der Waals surface area (Å²) in [7, 11) is 0. The summed E-state index contributed by atoms with van der Waals surface area (Å²) in [5.74, 6) is 0.369. The Hall–Kier alpha value is -1.50. The van der Waals surface area contributed by atoms with Gasteiger partial charge in [-0.25, -0.2) is 0 Å². The average molecular weight is 698 g/mol. The molecule has 43 heavy (non-hydrogen) atoms. The summed E-state index contributed by atoms with van der Waals surface area (Å²) in [5.41, 5.74) is 2.17. The van der Waals surface area contributed by atoms with E-state index in [4.69, 9.17) is 9.47 Å². The molecule has 6 heterocycles. The SMILES string of the molecule is C1COCCN1.CC1(C)CCCN(C(=O)c2csc(Br)c2)C1.CC1(C)CCCN(C(=O)c2csc(N3CCOCC3)c2)C1. The first kappa shape index (κ1) is 34.4. The van der Waals surface area contributed by atoms with Crippen LogP contribution in [0.25, 0.3) is 0 Å². The Morgan fingerprint density at radius 1 is 0.767 bits per heavy atom. The lowest BCUT2D eigenvalue weighted by Crippen LogP contribution is -2.43. The number of likely N-dealkylation sites (tertiary alicyclic amines) is 2. The van der Waals surface area contributed by atoms with E-state index in [0.717, 1.165) is 107 Å². The fourth-order valence-corrected chi connectivity index (χ4v) is 7.96. The molecule has 2 amide bonds. The van der Waals surface area contributed by atoms with Crippen LogP contribution in [0.2, 0.25) is 0 Å². The number of hydrogen-bond donors (Lipinski definition) is 1. The smallest absolute Gasteiger partial charge is 0.254 e. The van der Waals surface area contributed by atoms with E-state index in [0.29, 0.717) is 0 Å². The fraction of sp³-hybridized carbons (Fsp3) is 0.688. The fourth-order valence-electron chi connectivity index (χ4n) is 5.88. The van der Waals surface area contributed by atoms with Gasteiger partial charge in [0.15, 0.2) is 0 Å². The maximum absolute atomic E-state index is 12.7. The number of carbonyl (C=O) groups excluding carboxylic acids is 2. The first-order valence-electron chi connectivity index (χ1n) is 15.6. The Kier molecular flexibility index (Phi) is 12.9. The highest BCUT2D eigenvalue weighted by Crippen LogP contribution is 2.32. The Balaban J connectivity index is 0.000000169. The molecule has 0 radical (unpaired) electrons. The number of thiophene rings is 2. The Morgan fingerprint density at radius 2 is 1.28 bits per heavy atom. The summed E-state index contributed by atoms with van der Waals surface area (Å²) in [6.45, 7) is 19.7. The molecule has 0 aliphatic carbocycles. The highest BCUT2D eigenvalue weighted by Gasteiger charge is 2.31. The Bertz CT molecular complexity index is 1160. The lowest BCUT2D eigenvalue weighted by Gasteiger charge is -2.38. The molecule has 6 rings (SSSR count). The molecular weight excluding hydrogens is 648 g/mol. The summed E-state index contributed by atoms with van der Waals surface area (Å²) in [6.07, 6.45) is 4.65. The van der Waals surface area contributed by atoms with Crippen LogP contribution in [0.15, 0.2) is 26.7 Å². The molecule has 0 saturated carbocycles. The molecule has 1 N–H and O–H groups in total. The monoisotopic (exact) mass is 696 g/mol. The van der Waals surface area contributed by atoms with E-state index in [1.165, 1.54) is 17.8 Å². The summed E-state index contributed by atoms with van der Waals surface area (Å²) in [6, 6.07) is 3.97. The predicted octanol–water partition coefficient (Wildman–Crippen LogP) is 6.23. The van der Waals surface area contributed by atoms with Crippen molar-refractivity contribution in [1.29, 1.82) is 0 Å². The minimum atomic E-state index is 0.176. The van der Waals surface area contributed by atoms with Crippen molar-refractivity contribution in [2.24, 2.45) is 10.8 Å². The number of rotatable bonds is 3. The molecular formula is C32H49BrN4O4S2. The summed E-state index contributed by atoms with van der Waals surface area (Å²) in [5, 5.41) is 8.29. The second-order valence-electron chi connectivity index (χ2n) is 13.3. The van der Waals surface area contributed by atoms with Crippen molar-refractivity contribution in [1.82, 2.24) is 15.1 Å². The normalized spacial score (nSPS) is 21.7.